The Morgan fingerprint density at radius 1 is 1.73 bits per heavy atom. The molecule has 0 aromatic carbocycles. The number of hydrogen-bond acceptors (Lipinski definition) is 2. The van der Waals surface area contributed by atoms with Crippen LogP contribution in [0.5, 0.6) is 0 Å². The van der Waals surface area contributed by atoms with E-state index in [0.29, 0.717) is 10.6 Å². The van der Waals surface area contributed by atoms with Crippen molar-refractivity contribution in [2.24, 2.45) is 0 Å². The quantitative estimate of drug-likeness (QED) is 0.683. The molecule has 3 nitrogen and oxygen atoms in total. The van der Waals surface area contributed by atoms with Gasteiger partial charge in [-0.25, -0.2) is 0 Å². The predicted molar refractivity (Wildman–Crippen MR) is 41.4 cm³/mol. The molecule has 0 unspecified atom stereocenters. The Morgan fingerprint density at radius 3 is 3.00 bits per heavy atom. The van der Waals surface area contributed by atoms with E-state index in [0.717, 1.165) is 0 Å². The number of pyridine rings is 1. The van der Waals surface area contributed by atoms with Crippen molar-refractivity contribution in [2.75, 3.05) is 0 Å². The van der Waals surface area contributed by atoms with Crippen LogP contribution in [-0.2, 0) is 6.42 Å². The molecule has 1 N–H and O–H groups in total. The SMILES string of the molecule is N#CCc1c(Cl)cc[nH]c1=O. The highest BCUT2D eigenvalue weighted by Gasteiger charge is 2.02. The Bertz CT molecular complexity index is 350. The van der Waals surface area contributed by atoms with Gasteiger partial charge in [0.05, 0.1) is 17.5 Å². The molecule has 0 saturated heterocycles. The minimum Gasteiger partial charge on any atom is -0.329 e. The Morgan fingerprint density at radius 2 is 2.45 bits per heavy atom. The van der Waals surface area contributed by atoms with Gasteiger partial charge in [0.2, 0.25) is 0 Å². The lowest BCUT2D eigenvalue weighted by atomic mass is 10.2. The summed E-state index contributed by atoms with van der Waals surface area (Å²) in [5, 5.41) is 8.65. The molecule has 11 heavy (non-hydrogen) atoms. The third kappa shape index (κ3) is 1.60. The molecule has 0 spiro atoms. The van der Waals surface area contributed by atoms with Gasteiger partial charge in [-0.05, 0) is 6.07 Å². The van der Waals surface area contributed by atoms with Crippen LogP contribution in [0.25, 0.3) is 0 Å². The Kier molecular flexibility index (Phi) is 2.29. The van der Waals surface area contributed by atoms with E-state index < -0.39 is 0 Å². The number of aromatic nitrogens is 1. The summed E-state index contributed by atoms with van der Waals surface area (Å²) in [5.74, 6) is 0. The van der Waals surface area contributed by atoms with Gasteiger partial charge in [-0.3, -0.25) is 4.79 Å². The van der Waals surface area contributed by atoms with Crippen LogP contribution in [0.15, 0.2) is 17.1 Å². The zero-order valence-corrected chi connectivity index (χ0v) is 6.35. The summed E-state index contributed by atoms with van der Waals surface area (Å²) < 4.78 is 0. The van der Waals surface area contributed by atoms with Gasteiger partial charge in [-0.1, -0.05) is 11.6 Å². The summed E-state index contributed by atoms with van der Waals surface area (Å²) in [4.78, 5) is 13.4. The molecule has 1 aromatic rings. The van der Waals surface area contributed by atoms with E-state index in [9.17, 15) is 4.79 Å². The van der Waals surface area contributed by atoms with Crippen LogP contribution >= 0.6 is 11.6 Å². The summed E-state index contributed by atoms with van der Waals surface area (Å²) >= 11 is 5.64. The number of nitriles is 1. The van der Waals surface area contributed by atoms with E-state index in [1.165, 1.54) is 6.20 Å². The Labute approximate surface area is 68.2 Å². The first kappa shape index (κ1) is 7.83. The first-order valence-corrected chi connectivity index (χ1v) is 3.36. The molecule has 0 amide bonds. The average Bonchev–Trinajstić information content (AvgIpc) is 1.97. The molecular weight excluding hydrogens is 164 g/mol. The number of hydrogen-bond donors (Lipinski definition) is 1. The third-order valence-electron chi connectivity index (χ3n) is 1.26. The number of aromatic amines is 1. The van der Waals surface area contributed by atoms with Crippen molar-refractivity contribution in [1.82, 2.24) is 4.98 Å². The van der Waals surface area contributed by atoms with Crippen molar-refractivity contribution in [1.29, 1.82) is 5.26 Å². The molecule has 0 bridgehead atoms. The maximum Gasteiger partial charge on any atom is 0.253 e. The lowest BCUT2D eigenvalue weighted by Crippen LogP contribution is -2.11. The molecule has 4 heteroatoms. The fraction of sp³-hybridized carbons (Fsp3) is 0.143. The van der Waals surface area contributed by atoms with Crippen molar-refractivity contribution in [2.45, 2.75) is 6.42 Å². The van der Waals surface area contributed by atoms with Gasteiger partial charge in [-0.2, -0.15) is 5.26 Å². The molecule has 0 aliphatic carbocycles. The van der Waals surface area contributed by atoms with E-state index in [4.69, 9.17) is 16.9 Å². The minimum absolute atomic E-state index is 0.0506. The molecule has 1 rings (SSSR count). The Balaban J connectivity index is 3.24. The van der Waals surface area contributed by atoms with Gasteiger partial charge in [0.15, 0.2) is 0 Å². The largest absolute Gasteiger partial charge is 0.329 e. The van der Waals surface area contributed by atoms with E-state index in [2.05, 4.69) is 4.98 Å². The van der Waals surface area contributed by atoms with Gasteiger partial charge >= 0.3 is 0 Å². The van der Waals surface area contributed by atoms with Crippen LogP contribution in [0.4, 0.5) is 0 Å². The minimum atomic E-state index is -0.293. The highest BCUT2D eigenvalue weighted by atomic mass is 35.5. The number of halogens is 1. The zero-order chi connectivity index (χ0) is 8.27. The van der Waals surface area contributed by atoms with Crippen molar-refractivity contribution in [3.05, 3.63) is 33.2 Å². The van der Waals surface area contributed by atoms with Crippen molar-refractivity contribution in [3.63, 3.8) is 0 Å². The van der Waals surface area contributed by atoms with Crippen LogP contribution < -0.4 is 5.56 Å². The molecule has 0 aliphatic rings. The normalized spacial score (nSPS) is 9.09. The predicted octanol–water partition coefficient (Wildman–Crippen LogP) is 1.09. The highest BCUT2D eigenvalue weighted by Crippen LogP contribution is 2.09. The number of rotatable bonds is 1. The second kappa shape index (κ2) is 3.22. The lowest BCUT2D eigenvalue weighted by molar-refractivity contribution is 1.13. The van der Waals surface area contributed by atoms with Crippen molar-refractivity contribution >= 4 is 11.6 Å². The lowest BCUT2D eigenvalue weighted by Gasteiger charge is -1.94. The van der Waals surface area contributed by atoms with Crippen molar-refractivity contribution < 1.29 is 0 Å². The summed E-state index contributed by atoms with van der Waals surface area (Å²) in [7, 11) is 0. The monoisotopic (exact) mass is 168 g/mol. The number of nitrogens with one attached hydrogen (secondary N) is 1. The van der Waals surface area contributed by atoms with E-state index in [1.54, 1.807) is 6.07 Å². The summed E-state index contributed by atoms with van der Waals surface area (Å²) in [6, 6.07) is 3.41. The van der Waals surface area contributed by atoms with E-state index in [-0.39, 0.29) is 12.0 Å². The standard InChI is InChI=1S/C7H5ClN2O/c8-6-2-4-10-7(11)5(6)1-3-9/h2,4H,1H2,(H,10,11). The average molecular weight is 169 g/mol. The molecule has 56 valence electrons. The van der Waals surface area contributed by atoms with E-state index >= 15 is 0 Å². The molecular formula is C7H5ClN2O. The van der Waals surface area contributed by atoms with E-state index in [1.807, 2.05) is 6.07 Å². The fourth-order valence-corrected chi connectivity index (χ4v) is 0.946. The maximum atomic E-state index is 10.9. The summed E-state index contributed by atoms with van der Waals surface area (Å²) in [6.07, 6.45) is 1.50. The second-order valence-electron chi connectivity index (χ2n) is 1.97. The fourth-order valence-electron chi connectivity index (χ4n) is 0.730. The van der Waals surface area contributed by atoms with Gasteiger partial charge in [0.1, 0.15) is 0 Å². The third-order valence-corrected chi connectivity index (χ3v) is 1.62. The van der Waals surface area contributed by atoms with Crippen LogP contribution in [-0.4, -0.2) is 4.98 Å². The Hall–Kier alpha value is -1.27. The van der Waals surface area contributed by atoms with Gasteiger partial charge in [0, 0.05) is 11.8 Å². The molecule has 0 atom stereocenters. The topological polar surface area (TPSA) is 56.6 Å². The van der Waals surface area contributed by atoms with Gasteiger partial charge < -0.3 is 4.98 Å². The summed E-state index contributed by atoms with van der Waals surface area (Å²) in [5.41, 5.74) is 0.0377. The highest BCUT2D eigenvalue weighted by molar-refractivity contribution is 6.31. The first-order valence-electron chi connectivity index (χ1n) is 2.98. The second-order valence-corrected chi connectivity index (χ2v) is 2.38. The maximum absolute atomic E-state index is 10.9. The van der Waals surface area contributed by atoms with Crippen LogP contribution in [0, 0.1) is 11.3 Å². The smallest absolute Gasteiger partial charge is 0.253 e. The van der Waals surface area contributed by atoms with Crippen LogP contribution in [0.1, 0.15) is 5.56 Å². The molecule has 0 aliphatic heterocycles. The molecule has 0 saturated carbocycles. The van der Waals surface area contributed by atoms with Gasteiger partial charge in [0.25, 0.3) is 5.56 Å². The zero-order valence-electron chi connectivity index (χ0n) is 5.60. The molecule has 0 radical (unpaired) electrons. The van der Waals surface area contributed by atoms with Crippen LogP contribution in [0.2, 0.25) is 5.02 Å². The van der Waals surface area contributed by atoms with Crippen molar-refractivity contribution in [3.8, 4) is 6.07 Å². The summed E-state index contributed by atoms with van der Waals surface area (Å²) in [6.45, 7) is 0. The number of nitrogens with zero attached hydrogens (tertiary/aromatic N) is 1. The van der Waals surface area contributed by atoms with Gasteiger partial charge in [-0.15, -0.1) is 0 Å². The molecule has 0 fully saturated rings. The molecule has 1 aromatic heterocycles. The molecule has 1 heterocycles. The van der Waals surface area contributed by atoms with Crippen LogP contribution in [0.3, 0.4) is 0 Å². The first-order chi connectivity index (χ1) is 5.25. The number of H-pyrrole nitrogens is 1.